The van der Waals surface area contributed by atoms with Crippen LogP contribution in [0.25, 0.3) is 0 Å². The lowest BCUT2D eigenvalue weighted by Gasteiger charge is -2.10. The molecule has 3 rings (SSSR count). The third kappa shape index (κ3) is 4.25. The first-order valence-corrected chi connectivity index (χ1v) is 7.84. The van der Waals surface area contributed by atoms with E-state index in [1.807, 2.05) is 0 Å². The maximum atomic E-state index is 12.6. The van der Waals surface area contributed by atoms with Crippen LogP contribution in [0.5, 0.6) is 0 Å². The summed E-state index contributed by atoms with van der Waals surface area (Å²) in [7, 11) is 0. The highest BCUT2D eigenvalue weighted by Gasteiger charge is 2.29. The van der Waals surface area contributed by atoms with Crippen molar-refractivity contribution in [1.29, 1.82) is 0 Å². The molecule has 0 spiro atoms. The van der Waals surface area contributed by atoms with E-state index in [1.165, 1.54) is 41.1 Å². The molecule has 2 aromatic heterocycles. The first kappa shape index (κ1) is 18.4. The van der Waals surface area contributed by atoms with Gasteiger partial charge in [-0.2, -0.15) is 13.2 Å². The highest BCUT2D eigenvalue weighted by Crippen LogP contribution is 2.29. The Morgan fingerprint density at radius 2 is 1.93 bits per heavy atom. The summed E-state index contributed by atoms with van der Waals surface area (Å²) in [4.78, 5) is 24.8. The average molecular weight is 377 g/mol. The number of nitrogens with zero attached hydrogens (tertiary/aromatic N) is 2. The van der Waals surface area contributed by atoms with Gasteiger partial charge in [-0.25, -0.2) is 0 Å². The first-order chi connectivity index (χ1) is 12.7. The zero-order valence-electron chi connectivity index (χ0n) is 14.1. The van der Waals surface area contributed by atoms with Crippen molar-refractivity contribution in [3.05, 3.63) is 81.5 Å². The van der Waals surface area contributed by atoms with Gasteiger partial charge in [0.05, 0.1) is 12.1 Å². The summed E-state index contributed by atoms with van der Waals surface area (Å²) in [6.07, 6.45) is -2.97. The number of hydrogen-bond donors (Lipinski definition) is 1. The number of carbonyl (C=O) groups excluding carboxylic acids is 1. The molecule has 3 aromatic rings. The van der Waals surface area contributed by atoms with Crippen LogP contribution in [0.1, 0.15) is 27.2 Å². The zero-order valence-corrected chi connectivity index (χ0v) is 14.1. The van der Waals surface area contributed by atoms with Gasteiger partial charge in [0.25, 0.3) is 11.5 Å². The number of aromatic nitrogens is 2. The smallest absolute Gasteiger partial charge is 0.360 e. The topological polar surface area (TPSA) is 77.1 Å². The maximum Gasteiger partial charge on any atom is 0.416 e. The molecule has 0 fully saturated rings. The Hall–Kier alpha value is -3.36. The van der Waals surface area contributed by atoms with Crippen LogP contribution in [0, 0.1) is 6.92 Å². The van der Waals surface area contributed by atoms with Crippen LogP contribution in [0.3, 0.4) is 0 Å². The lowest BCUT2D eigenvalue weighted by atomic mass is 10.1. The number of pyridine rings is 1. The van der Waals surface area contributed by atoms with Crippen molar-refractivity contribution in [1.82, 2.24) is 9.72 Å². The SMILES string of the molecule is Cc1cc(NC(=O)c2cccn(Cc3ccc(C(F)(F)F)cc3)c2=O)no1. The summed E-state index contributed by atoms with van der Waals surface area (Å²) >= 11 is 0. The third-order valence-corrected chi connectivity index (χ3v) is 3.77. The standard InChI is InChI=1S/C18H14F3N3O3/c1-11-9-15(23-27-11)22-16(25)14-3-2-8-24(17(14)26)10-12-4-6-13(7-5-12)18(19,20)21/h2-9H,10H2,1H3,(H,22,23,25). The van der Waals surface area contributed by atoms with E-state index in [1.54, 1.807) is 6.92 Å². The van der Waals surface area contributed by atoms with Gasteiger partial charge in [0, 0.05) is 12.3 Å². The van der Waals surface area contributed by atoms with Gasteiger partial charge in [-0.15, -0.1) is 0 Å². The minimum Gasteiger partial charge on any atom is -0.360 e. The third-order valence-electron chi connectivity index (χ3n) is 3.77. The Balaban J connectivity index is 1.80. The van der Waals surface area contributed by atoms with Crippen molar-refractivity contribution in [3.8, 4) is 0 Å². The molecule has 0 atom stereocenters. The number of hydrogen-bond acceptors (Lipinski definition) is 4. The van der Waals surface area contributed by atoms with Crippen LogP contribution < -0.4 is 10.9 Å². The molecule has 0 aliphatic heterocycles. The van der Waals surface area contributed by atoms with E-state index in [0.29, 0.717) is 11.3 Å². The minimum absolute atomic E-state index is 0.0289. The molecule has 0 saturated carbocycles. The second-order valence-electron chi connectivity index (χ2n) is 5.83. The molecule has 27 heavy (non-hydrogen) atoms. The molecule has 1 amide bonds. The van der Waals surface area contributed by atoms with Crippen LogP contribution in [0.15, 0.2) is 58.0 Å². The van der Waals surface area contributed by atoms with E-state index < -0.39 is 23.2 Å². The quantitative estimate of drug-likeness (QED) is 0.755. The Morgan fingerprint density at radius 3 is 2.52 bits per heavy atom. The average Bonchev–Trinajstić information content (AvgIpc) is 3.01. The molecule has 9 heteroatoms. The van der Waals surface area contributed by atoms with E-state index in [9.17, 15) is 22.8 Å². The van der Waals surface area contributed by atoms with E-state index in [0.717, 1.165) is 12.1 Å². The Labute approximate surface area is 151 Å². The summed E-state index contributed by atoms with van der Waals surface area (Å²) in [5, 5.41) is 6.07. The monoisotopic (exact) mass is 377 g/mol. The second-order valence-corrected chi connectivity index (χ2v) is 5.83. The largest absolute Gasteiger partial charge is 0.416 e. The second kappa shape index (κ2) is 7.10. The summed E-state index contributed by atoms with van der Waals surface area (Å²) in [6, 6.07) is 8.85. The maximum absolute atomic E-state index is 12.6. The van der Waals surface area contributed by atoms with E-state index in [-0.39, 0.29) is 17.9 Å². The molecule has 2 heterocycles. The first-order valence-electron chi connectivity index (χ1n) is 7.84. The van der Waals surface area contributed by atoms with Gasteiger partial charge in [0.15, 0.2) is 5.82 Å². The fourth-order valence-corrected chi connectivity index (χ4v) is 2.44. The van der Waals surface area contributed by atoms with Crippen molar-refractivity contribution in [3.63, 3.8) is 0 Å². The number of amides is 1. The number of nitrogens with one attached hydrogen (secondary N) is 1. The number of rotatable bonds is 4. The van der Waals surface area contributed by atoms with Crippen molar-refractivity contribution < 1.29 is 22.5 Å². The van der Waals surface area contributed by atoms with Crippen molar-refractivity contribution in [2.45, 2.75) is 19.6 Å². The Kier molecular flexibility index (Phi) is 4.85. The van der Waals surface area contributed by atoms with Crippen LogP contribution >= 0.6 is 0 Å². The van der Waals surface area contributed by atoms with Gasteiger partial charge in [-0.1, -0.05) is 17.3 Å². The lowest BCUT2D eigenvalue weighted by Crippen LogP contribution is -2.29. The molecule has 0 aliphatic rings. The van der Waals surface area contributed by atoms with Gasteiger partial charge in [0.1, 0.15) is 11.3 Å². The lowest BCUT2D eigenvalue weighted by molar-refractivity contribution is -0.137. The van der Waals surface area contributed by atoms with E-state index in [4.69, 9.17) is 4.52 Å². The van der Waals surface area contributed by atoms with Gasteiger partial charge < -0.3 is 14.4 Å². The fraction of sp³-hybridized carbons (Fsp3) is 0.167. The van der Waals surface area contributed by atoms with Crippen LogP contribution in [0.4, 0.5) is 19.0 Å². The summed E-state index contributed by atoms with van der Waals surface area (Å²) in [6.45, 7) is 1.68. The normalized spacial score (nSPS) is 11.4. The molecule has 0 saturated heterocycles. The predicted octanol–water partition coefficient (Wildman–Crippen LogP) is 3.46. The summed E-state index contributed by atoms with van der Waals surface area (Å²) in [5.74, 6) is 0.0168. The van der Waals surface area contributed by atoms with Crippen molar-refractivity contribution in [2.24, 2.45) is 0 Å². The molecule has 140 valence electrons. The van der Waals surface area contributed by atoms with Crippen LogP contribution in [-0.4, -0.2) is 15.6 Å². The molecular weight excluding hydrogens is 363 g/mol. The van der Waals surface area contributed by atoms with Crippen LogP contribution in [-0.2, 0) is 12.7 Å². The van der Waals surface area contributed by atoms with Gasteiger partial charge in [0.2, 0.25) is 0 Å². The van der Waals surface area contributed by atoms with Gasteiger partial charge in [-0.05, 0) is 36.8 Å². The van der Waals surface area contributed by atoms with E-state index in [2.05, 4.69) is 10.5 Å². The van der Waals surface area contributed by atoms with Gasteiger partial charge in [-0.3, -0.25) is 9.59 Å². The number of carbonyl (C=O) groups is 1. The molecular formula is C18H14F3N3O3. The van der Waals surface area contributed by atoms with E-state index >= 15 is 0 Å². The molecule has 1 N–H and O–H groups in total. The van der Waals surface area contributed by atoms with Crippen molar-refractivity contribution >= 4 is 11.7 Å². The number of alkyl halides is 3. The molecule has 1 aromatic carbocycles. The van der Waals surface area contributed by atoms with Gasteiger partial charge >= 0.3 is 6.18 Å². The molecule has 6 nitrogen and oxygen atoms in total. The predicted molar refractivity (Wildman–Crippen MR) is 90.4 cm³/mol. The number of benzene rings is 1. The highest BCUT2D eigenvalue weighted by atomic mass is 19.4. The molecule has 0 radical (unpaired) electrons. The van der Waals surface area contributed by atoms with Crippen LogP contribution in [0.2, 0.25) is 0 Å². The number of halogens is 3. The fourth-order valence-electron chi connectivity index (χ4n) is 2.44. The Bertz CT molecular complexity index is 1020. The molecule has 0 unspecified atom stereocenters. The summed E-state index contributed by atoms with van der Waals surface area (Å²) in [5.41, 5.74) is -0.968. The number of aryl methyl sites for hydroxylation is 1. The summed E-state index contributed by atoms with van der Waals surface area (Å²) < 4.78 is 43.9. The molecule has 0 aliphatic carbocycles. The van der Waals surface area contributed by atoms with Crippen molar-refractivity contribution in [2.75, 3.05) is 5.32 Å². The highest BCUT2D eigenvalue weighted by molar-refractivity contribution is 6.03. The number of anilines is 1. The minimum atomic E-state index is -4.42. The zero-order chi connectivity index (χ0) is 19.6. The Morgan fingerprint density at radius 1 is 1.22 bits per heavy atom. The molecule has 0 bridgehead atoms.